The number of nitrogens with zero attached hydrogens (tertiary/aromatic N) is 6. The molecule has 2 fully saturated rings. The molecule has 2 aromatic carbocycles. The van der Waals surface area contributed by atoms with Crippen LogP contribution in [-0.2, 0) is 6.54 Å². The fourth-order valence-corrected chi connectivity index (χ4v) is 6.16. The molecule has 4 aromatic rings. The van der Waals surface area contributed by atoms with Crippen LogP contribution in [0, 0.1) is 17.2 Å². The van der Waals surface area contributed by atoms with Gasteiger partial charge in [-0.25, -0.2) is 0 Å². The largest absolute Gasteiger partial charge is 0.368 e. The lowest BCUT2D eigenvalue weighted by Gasteiger charge is -2.27. The van der Waals surface area contributed by atoms with Crippen molar-refractivity contribution in [3.05, 3.63) is 72.2 Å². The molecule has 2 atom stereocenters. The summed E-state index contributed by atoms with van der Waals surface area (Å²) in [7, 11) is 0. The second-order valence-corrected chi connectivity index (χ2v) is 9.51. The van der Waals surface area contributed by atoms with Crippen LogP contribution in [0.1, 0.15) is 36.8 Å². The molecule has 0 bridgehead atoms. The molecule has 2 aromatic heterocycles. The van der Waals surface area contributed by atoms with Gasteiger partial charge in [0.2, 0.25) is 0 Å². The van der Waals surface area contributed by atoms with E-state index in [4.69, 9.17) is 5.26 Å². The van der Waals surface area contributed by atoms with Gasteiger partial charge in [0.1, 0.15) is 6.33 Å². The van der Waals surface area contributed by atoms with Crippen LogP contribution in [-0.4, -0.2) is 31.9 Å². The molecule has 6 nitrogen and oxygen atoms in total. The lowest BCUT2D eigenvalue weighted by molar-refractivity contribution is 0.541. The van der Waals surface area contributed by atoms with Crippen molar-refractivity contribution in [2.24, 2.45) is 5.92 Å². The molecule has 7 rings (SSSR count). The smallest absolute Gasteiger partial charge is 0.185 e. The molecule has 162 valence electrons. The standard InChI is InChI=1S/C27H24N6/c28-14-18-4-6-19(7-5-18)21-13-26-27-30-29-17-33(27)25-9-8-23(12-22(25)16-31(26)15-21)32-11-10-20-2-1-3-24(20)32/h4-9,12-13,15,17,20,24H,1-3,10-11,16H2/t20-,24+/m1/s1. The minimum Gasteiger partial charge on any atom is -0.368 e. The molecule has 2 aliphatic heterocycles. The maximum absolute atomic E-state index is 9.12. The number of nitriles is 1. The minimum absolute atomic E-state index is 0.673. The molecule has 0 N–H and O–H groups in total. The van der Waals surface area contributed by atoms with Crippen LogP contribution in [0.5, 0.6) is 0 Å². The molecule has 1 aliphatic carbocycles. The molecular formula is C27H24N6. The number of rotatable bonds is 2. The van der Waals surface area contributed by atoms with Gasteiger partial charge in [0, 0.05) is 36.6 Å². The van der Waals surface area contributed by atoms with E-state index < -0.39 is 0 Å². The third kappa shape index (κ3) is 2.85. The first-order chi connectivity index (χ1) is 16.3. The monoisotopic (exact) mass is 432 g/mol. The zero-order chi connectivity index (χ0) is 21.9. The summed E-state index contributed by atoms with van der Waals surface area (Å²) in [5.74, 6) is 1.73. The van der Waals surface area contributed by atoms with Crippen molar-refractivity contribution < 1.29 is 0 Å². The first-order valence-corrected chi connectivity index (χ1v) is 11.8. The Morgan fingerprint density at radius 2 is 1.88 bits per heavy atom. The van der Waals surface area contributed by atoms with Gasteiger partial charge in [0.25, 0.3) is 0 Å². The van der Waals surface area contributed by atoms with Gasteiger partial charge in [-0.05, 0) is 72.7 Å². The summed E-state index contributed by atoms with van der Waals surface area (Å²) in [4.78, 5) is 2.65. The normalized spacial score (nSPS) is 20.5. The van der Waals surface area contributed by atoms with Crippen molar-refractivity contribution >= 4 is 5.69 Å². The van der Waals surface area contributed by atoms with E-state index in [0.29, 0.717) is 11.6 Å². The number of benzene rings is 2. The van der Waals surface area contributed by atoms with Gasteiger partial charge in [-0.3, -0.25) is 4.57 Å². The van der Waals surface area contributed by atoms with Gasteiger partial charge < -0.3 is 9.47 Å². The molecule has 4 heterocycles. The van der Waals surface area contributed by atoms with Crippen molar-refractivity contribution in [2.75, 3.05) is 11.4 Å². The predicted octanol–water partition coefficient (Wildman–Crippen LogP) is 5.01. The highest BCUT2D eigenvalue weighted by Gasteiger charge is 2.37. The number of hydrogen-bond acceptors (Lipinski definition) is 4. The van der Waals surface area contributed by atoms with E-state index in [-0.39, 0.29) is 0 Å². The first-order valence-electron chi connectivity index (χ1n) is 11.8. The van der Waals surface area contributed by atoms with Gasteiger partial charge >= 0.3 is 0 Å². The SMILES string of the molecule is N#Cc1ccc(-c2cc3n(c2)Cc2cc(N4CC[C@H]5CCC[C@@H]54)ccc2-n2cnnc2-3)cc1. The molecular weight excluding hydrogens is 408 g/mol. The Balaban J connectivity index is 1.31. The fourth-order valence-electron chi connectivity index (χ4n) is 6.16. The summed E-state index contributed by atoms with van der Waals surface area (Å²) >= 11 is 0. The average Bonchev–Trinajstić information content (AvgIpc) is 3.62. The molecule has 0 unspecified atom stereocenters. The second-order valence-electron chi connectivity index (χ2n) is 9.51. The van der Waals surface area contributed by atoms with Crippen LogP contribution in [0.25, 0.3) is 28.3 Å². The van der Waals surface area contributed by atoms with Crippen LogP contribution in [0.2, 0.25) is 0 Å². The Labute approximate surface area is 192 Å². The third-order valence-electron chi connectivity index (χ3n) is 7.78. The number of hydrogen-bond donors (Lipinski definition) is 0. The topological polar surface area (TPSA) is 62.7 Å². The number of fused-ring (bicyclic) bond motifs is 6. The molecule has 33 heavy (non-hydrogen) atoms. The number of aromatic nitrogens is 4. The summed E-state index contributed by atoms with van der Waals surface area (Å²) in [6.45, 7) is 1.96. The number of anilines is 1. The lowest BCUT2D eigenvalue weighted by atomic mass is 10.0. The van der Waals surface area contributed by atoms with Crippen LogP contribution in [0.15, 0.2) is 61.1 Å². The maximum atomic E-state index is 9.12. The highest BCUT2D eigenvalue weighted by atomic mass is 15.3. The summed E-state index contributed by atoms with van der Waals surface area (Å²) < 4.78 is 4.40. The van der Waals surface area contributed by atoms with Crippen molar-refractivity contribution in [1.29, 1.82) is 5.26 Å². The quantitative estimate of drug-likeness (QED) is 0.393. The third-order valence-corrected chi connectivity index (χ3v) is 7.78. The maximum Gasteiger partial charge on any atom is 0.185 e. The van der Waals surface area contributed by atoms with E-state index in [0.717, 1.165) is 40.8 Å². The molecule has 0 radical (unpaired) electrons. The van der Waals surface area contributed by atoms with Crippen LogP contribution < -0.4 is 4.90 Å². The Morgan fingerprint density at radius 3 is 2.76 bits per heavy atom. The highest BCUT2D eigenvalue weighted by Crippen LogP contribution is 2.41. The van der Waals surface area contributed by atoms with Crippen LogP contribution in [0.3, 0.4) is 0 Å². The molecule has 1 saturated carbocycles. The van der Waals surface area contributed by atoms with Crippen LogP contribution in [0.4, 0.5) is 5.69 Å². The molecule has 0 amide bonds. The van der Waals surface area contributed by atoms with Gasteiger partial charge in [0.05, 0.1) is 23.0 Å². The van der Waals surface area contributed by atoms with Crippen molar-refractivity contribution in [3.8, 4) is 34.4 Å². The average molecular weight is 433 g/mol. The van der Waals surface area contributed by atoms with Gasteiger partial charge in [-0.1, -0.05) is 18.6 Å². The first kappa shape index (κ1) is 18.7. The van der Waals surface area contributed by atoms with E-state index in [2.05, 4.69) is 60.8 Å². The summed E-state index contributed by atoms with van der Waals surface area (Å²) in [5.41, 5.74) is 7.74. The molecule has 1 saturated heterocycles. The van der Waals surface area contributed by atoms with E-state index in [9.17, 15) is 0 Å². The Morgan fingerprint density at radius 1 is 0.970 bits per heavy atom. The van der Waals surface area contributed by atoms with E-state index in [1.807, 2.05) is 30.6 Å². The zero-order valence-electron chi connectivity index (χ0n) is 18.4. The Hall–Kier alpha value is -3.85. The molecule has 3 aliphatic rings. The second kappa shape index (κ2) is 7.08. The van der Waals surface area contributed by atoms with E-state index in [1.165, 1.54) is 43.5 Å². The van der Waals surface area contributed by atoms with Gasteiger partial charge in [-0.2, -0.15) is 5.26 Å². The Bertz CT molecular complexity index is 1400. The van der Waals surface area contributed by atoms with Crippen molar-refractivity contribution in [1.82, 2.24) is 19.3 Å². The van der Waals surface area contributed by atoms with E-state index in [1.54, 1.807) is 0 Å². The fraction of sp³-hybridized carbons (Fsp3) is 0.296. The van der Waals surface area contributed by atoms with Crippen LogP contribution >= 0.6 is 0 Å². The highest BCUT2D eigenvalue weighted by molar-refractivity contribution is 5.72. The predicted molar refractivity (Wildman–Crippen MR) is 127 cm³/mol. The van der Waals surface area contributed by atoms with Crippen molar-refractivity contribution in [2.45, 2.75) is 38.3 Å². The minimum atomic E-state index is 0.673. The van der Waals surface area contributed by atoms with Crippen molar-refractivity contribution in [3.63, 3.8) is 0 Å². The summed E-state index contributed by atoms with van der Waals surface area (Å²) in [5, 5.41) is 17.8. The lowest BCUT2D eigenvalue weighted by Crippen LogP contribution is -2.29. The molecule has 6 heteroatoms. The summed E-state index contributed by atoms with van der Waals surface area (Å²) in [6.07, 6.45) is 9.42. The van der Waals surface area contributed by atoms with Gasteiger partial charge in [0.15, 0.2) is 5.82 Å². The van der Waals surface area contributed by atoms with Gasteiger partial charge in [-0.15, -0.1) is 10.2 Å². The molecule has 0 spiro atoms. The van der Waals surface area contributed by atoms with E-state index >= 15 is 0 Å². The zero-order valence-corrected chi connectivity index (χ0v) is 18.4. The summed E-state index contributed by atoms with van der Waals surface area (Å²) in [6, 6.07) is 19.8. The Kier molecular flexibility index (Phi) is 4.01.